The van der Waals surface area contributed by atoms with E-state index in [0.717, 1.165) is 19.4 Å². The molecule has 0 saturated heterocycles. The highest BCUT2D eigenvalue weighted by Crippen LogP contribution is 2.08. The first-order valence-corrected chi connectivity index (χ1v) is 3.20. The second-order valence-corrected chi connectivity index (χ2v) is 2.07. The van der Waals surface area contributed by atoms with Gasteiger partial charge in [-0.1, -0.05) is 19.1 Å². The summed E-state index contributed by atoms with van der Waals surface area (Å²) in [5.41, 5.74) is 0. The van der Waals surface area contributed by atoms with Crippen molar-refractivity contribution in [2.75, 3.05) is 6.61 Å². The van der Waals surface area contributed by atoms with Crippen molar-refractivity contribution in [2.24, 2.45) is 0 Å². The molecule has 0 bridgehead atoms. The zero-order valence-electron chi connectivity index (χ0n) is 5.26. The molecule has 0 aromatic carbocycles. The highest BCUT2D eigenvalue weighted by molar-refractivity contribution is 4.88. The van der Waals surface area contributed by atoms with Crippen LogP contribution in [0.4, 0.5) is 0 Å². The van der Waals surface area contributed by atoms with Crippen molar-refractivity contribution in [3.8, 4) is 0 Å². The van der Waals surface area contributed by atoms with Gasteiger partial charge in [-0.2, -0.15) is 0 Å². The maximum absolute atomic E-state index is 5.34. The molecule has 0 unspecified atom stereocenters. The number of ether oxygens (including phenoxy) is 1. The molecule has 0 saturated carbocycles. The van der Waals surface area contributed by atoms with Crippen LogP contribution >= 0.6 is 0 Å². The standard InChI is InChI=1S/C7H12O/c1-2-7-5-3-4-6-8-7/h3-4,7H,2,5-6H2,1H3/t7-/m1/s1. The summed E-state index contributed by atoms with van der Waals surface area (Å²) >= 11 is 0. The summed E-state index contributed by atoms with van der Waals surface area (Å²) in [4.78, 5) is 0. The fourth-order valence-corrected chi connectivity index (χ4v) is 0.860. The minimum Gasteiger partial charge on any atom is -0.374 e. The molecule has 1 rings (SSSR count). The SMILES string of the molecule is CC[C@@H]1CC=CCO1. The van der Waals surface area contributed by atoms with Crippen LogP contribution in [0.25, 0.3) is 0 Å². The van der Waals surface area contributed by atoms with E-state index in [9.17, 15) is 0 Å². The van der Waals surface area contributed by atoms with Crippen molar-refractivity contribution < 1.29 is 4.74 Å². The van der Waals surface area contributed by atoms with E-state index in [2.05, 4.69) is 19.1 Å². The molecule has 0 aliphatic carbocycles. The summed E-state index contributed by atoms with van der Waals surface area (Å²) in [6.07, 6.45) is 7.02. The molecule has 0 radical (unpaired) electrons. The van der Waals surface area contributed by atoms with Crippen LogP contribution < -0.4 is 0 Å². The highest BCUT2D eigenvalue weighted by atomic mass is 16.5. The van der Waals surface area contributed by atoms with Gasteiger partial charge < -0.3 is 4.74 Å². The van der Waals surface area contributed by atoms with Crippen LogP contribution in [0.5, 0.6) is 0 Å². The third kappa shape index (κ3) is 1.34. The Labute approximate surface area is 50.3 Å². The second-order valence-electron chi connectivity index (χ2n) is 2.07. The number of hydrogen-bond acceptors (Lipinski definition) is 1. The van der Waals surface area contributed by atoms with E-state index >= 15 is 0 Å². The van der Waals surface area contributed by atoms with Crippen molar-refractivity contribution >= 4 is 0 Å². The molecule has 0 fully saturated rings. The smallest absolute Gasteiger partial charge is 0.0651 e. The molecule has 1 aliphatic rings. The Balaban J connectivity index is 2.27. The van der Waals surface area contributed by atoms with Gasteiger partial charge in [0, 0.05) is 0 Å². The molecule has 1 heterocycles. The van der Waals surface area contributed by atoms with E-state index in [1.807, 2.05) is 0 Å². The van der Waals surface area contributed by atoms with E-state index in [4.69, 9.17) is 4.74 Å². The van der Waals surface area contributed by atoms with E-state index in [1.54, 1.807) is 0 Å². The Morgan fingerprint density at radius 2 is 2.50 bits per heavy atom. The molecule has 0 aromatic rings. The van der Waals surface area contributed by atoms with Crippen LogP contribution in [0.2, 0.25) is 0 Å². The van der Waals surface area contributed by atoms with Crippen LogP contribution in [-0.2, 0) is 4.74 Å². The average molecular weight is 112 g/mol. The summed E-state index contributed by atoms with van der Waals surface area (Å²) in [7, 11) is 0. The lowest BCUT2D eigenvalue weighted by Gasteiger charge is -2.15. The zero-order valence-corrected chi connectivity index (χ0v) is 5.26. The fourth-order valence-electron chi connectivity index (χ4n) is 0.860. The predicted molar refractivity (Wildman–Crippen MR) is 33.8 cm³/mol. The van der Waals surface area contributed by atoms with Crippen LogP contribution in [0.1, 0.15) is 19.8 Å². The Morgan fingerprint density at radius 3 is 2.88 bits per heavy atom. The molecule has 1 nitrogen and oxygen atoms in total. The Bertz CT molecular complexity index is 86.4. The third-order valence-electron chi connectivity index (χ3n) is 1.45. The normalized spacial score (nSPS) is 28.4. The van der Waals surface area contributed by atoms with Gasteiger partial charge in [0.2, 0.25) is 0 Å². The van der Waals surface area contributed by atoms with E-state index in [-0.39, 0.29) is 0 Å². The van der Waals surface area contributed by atoms with Crippen molar-refractivity contribution in [2.45, 2.75) is 25.9 Å². The highest BCUT2D eigenvalue weighted by Gasteiger charge is 2.05. The van der Waals surface area contributed by atoms with Gasteiger partial charge in [-0.05, 0) is 12.8 Å². The van der Waals surface area contributed by atoms with Crippen molar-refractivity contribution in [3.05, 3.63) is 12.2 Å². The van der Waals surface area contributed by atoms with Crippen LogP contribution in [-0.4, -0.2) is 12.7 Å². The molecule has 0 amide bonds. The maximum atomic E-state index is 5.34. The Kier molecular flexibility index (Phi) is 2.10. The van der Waals surface area contributed by atoms with Crippen molar-refractivity contribution in [1.29, 1.82) is 0 Å². The Morgan fingerprint density at radius 1 is 1.62 bits per heavy atom. The van der Waals surface area contributed by atoms with Gasteiger partial charge in [0.25, 0.3) is 0 Å². The van der Waals surface area contributed by atoms with E-state index in [0.29, 0.717) is 6.10 Å². The molecule has 0 N–H and O–H groups in total. The summed E-state index contributed by atoms with van der Waals surface area (Å²) in [6.45, 7) is 2.97. The van der Waals surface area contributed by atoms with Crippen molar-refractivity contribution in [1.82, 2.24) is 0 Å². The fraction of sp³-hybridized carbons (Fsp3) is 0.714. The molecule has 1 atom stereocenters. The van der Waals surface area contributed by atoms with E-state index < -0.39 is 0 Å². The molecule has 0 spiro atoms. The van der Waals surface area contributed by atoms with Gasteiger partial charge in [0.05, 0.1) is 12.7 Å². The minimum absolute atomic E-state index is 0.500. The van der Waals surface area contributed by atoms with Gasteiger partial charge in [-0.3, -0.25) is 0 Å². The topological polar surface area (TPSA) is 9.23 Å². The first-order chi connectivity index (χ1) is 3.93. The first kappa shape index (κ1) is 5.83. The molecular formula is C7H12O. The lowest BCUT2D eigenvalue weighted by atomic mass is 10.1. The third-order valence-corrected chi connectivity index (χ3v) is 1.45. The molecule has 46 valence electrons. The van der Waals surface area contributed by atoms with Gasteiger partial charge in [0.15, 0.2) is 0 Å². The average Bonchev–Trinajstić information content (AvgIpc) is 1.90. The lowest BCUT2D eigenvalue weighted by molar-refractivity contribution is 0.0654. The predicted octanol–water partition coefficient (Wildman–Crippen LogP) is 1.74. The summed E-state index contributed by atoms with van der Waals surface area (Å²) < 4.78 is 5.34. The summed E-state index contributed by atoms with van der Waals surface area (Å²) in [5.74, 6) is 0. The van der Waals surface area contributed by atoms with Gasteiger partial charge in [0.1, 0.15) is 0 Å². The first-order valence-electron chi connectivity index (χ1n) is 3.20. The van der Waals surface area contributed by atoms with Crippen LogP contribution in [0.15, 0.2) is 12.2 Å². The summed E-state index contributed by atoms with van der Waals surface area (Å²) in [5, 5.41) is 0. The van der Waals surface area contributed by atoms with Crippen molar-refractivity contribution in [3.63, 3.8) is 0 Å². The monoisotopic (exact) mass is 112 g/mol. The molecular weight excluding hydrogens is 100 g/mol. The second kappa shape index (κ2) is 2.88. The van der Waals surface area contributed by atoms with Gasteiger partial charge >= 0.3 is 0 Å². The molecule has 1 aliphatic heterocycles. The largest absolute Gasteiger partial charge is 0.374 e. The van der Waals surface area contributed by atoms with Gasteiger partial charge in [-0.25, -0.2) is 0 Å². The Hall–Kier alpha value is -0.300. The van der Waals surface area contributed by atoms with E-state index in [1.165, 1.54) is 0 Å². The zero-order chi connectivity index (χ0) is 5.82. The van der Waals surface area contributed by atoms with Crippen LogP contribution in [0, 0.1) is 0 Å². The summed E-state index contributed by atoms with van der Waals surface area (Å²) in [6, 6.07) is 0. The number of rotatable bonds is 1. The minimum atomic E-state index is 0.500. The van der Waals surface area contributed by atoms with Crippen LogP contribution in [0.3, 0.4) is 0 Å². The quantitative estimate of drug-likeness (QED) is 0.469. The lowest BCUT2D eigenvalue weighted by Crippen LogP contribution is -2.13. The number of hydrogen-bond donors (Lipinski definition) is 0. The molecule has 8 heavy (non-hydrogen) atoms. The molecule has 1 heteroatoms. The van der Waals surface area contributed by atoms with Gasteiger partial charge in [-0.15, -0.1) is 0 Å². The maximum Gasteiger partial charge on any atom is 0.0651 e. The molecule has 0 aromatic heterocycles.